The highest BCUT2D eigenvalue weighted by atomic mass is 16.5. The van der Waals surface area contributed by atoms with Crippen molar-refractivity contribution in [3.63, 3.8) is 0 Å². The van der Waals surface area contributed by atoms with Gasteiger partial charge in [-0.05, 0) is 45.2 Å². The van der Waals surface area contributed by atoms with E-state index < -0.39 is 11.6 Å². The first-order valence-corrected chi connectivity index (χ1v) is 13.6. The van der Waals surface area contributed by atoms with Gasteiger partial charge in [-0.25, -0.2) is 4.98 Å². The summed E-state index contributed by atoms with van der Waals surface area (Å²) in [5, 5.41) is 3.33. The number of hydrogen-bond acceptors (Lipinski definition) is 7. The first kappa shape index (κ1) is 25.9. The lowest BCUT2D eigenvalue weighted by Crippen LogP contribution is -2.56. The van der Waals surface area contributed by atoms with Crippen molar-refractivity contribution in [1.29, 1.82) is 0 Å². The molecule has 2 atom stereocenters. The molecule has 5 heterocycles. The number of carbonyl (C=O) groups excluding carboxylic acids is 3. The molecule has 0 aliphatic carbocycles. The van der Waals surface area contributed by atoms with Crippen molar-refractivity contribution in [3.05, 3.63) is 23.9 Å². The molecular weight excluding hydrogens is 472 g/mol. The number of amides is 3. The smallest absolute Gasteiger partial charge is 0.243 e. The van der Waals surface area contributed by atoms with Crippen LogP contribution in [0.2, 0.25) is 0 Å². The number of likely N-dealkylation sites (tertiary alicyclic amines) is 2. The number of piperidine rings is 2. The molecule has 37 heavy (non-hydrogen) atoms. The van der Waals surface area contributed by atoms with E-state index in [0.29, 0.717) is 31.3 Å². The average molecular weight is 513 g/mol. The Bertz CT molecular complexity index is 990. The molecule has 0 bridgehead atoms. The van der Waals surface area contributed by atoms with Gasteiger partial charge < -0.3 is 19.9 Å². The lowest BCUT2D eigenvalue weighted by molar-refractivity contribution is -0.136. The predicted molar refractivity (Wildman–Crippen MR) is 138 cm³/mol. The van der Waals surface area contributed by atoms with E-state index in [1.807, 2.05) is 21.9 Å². The van der Waals surface area contributed by atoms with Gasteiger partial charge in [0.2, 0.25) is 23.6 Å². The van der Waals surface area contributed by atoms with E-state index in [4.69, 9.17) is 4.74 Å². The normalized spacial score (nSPS) is 26.8. The second kappa shape index (κ2) is 10.6. The third kappa shape index (κ3) is 5.31. The topological polar surface area (TPSA) is 98.3 Å². The third-order valence-electron chi connectivity index (χ3n) is 9.09. The molecule has 1 aromatic rings. The van der Waals surface area contributed by atoms with Crippen LogP contribution < -0.4 is 10.1 Å². The number of fused-ring (bicyclic) bond motifs is 1. The van der Waals surface area contributed by atoms with Gasteiger partial charge in [0, 0.05) is 70.0 Å². The fourth-order valence-corrected chi connectivity index (χ4v) is 6.71. The summed E-state index contributed by atoms with van der Waals surface area (Å²) in [4.78, 5) is 51.3. The number of ether oxygens (including phenoxy) is 1. The summed E-state index contributed by atoms with van der Waals surface area (Å²) in [7, 11) is 3.75. The molecule has 0 aromatic carbocycles. The number of carbonyl (C=O) groups is 3. The van der Waals surface area contributed by atoms with Crippen LogP contribution in [0.3, 0.4) is 0 Å². The third-order valence-corrected chi connectivity index (χ3v) is 9.09. The number of likely N-dealkylation sites (N-methyl/N-ethyl adjacent to an activating group) is 1. The van der Waals surface area contributed by atoms with Gasteiger partial charge in [-0.1, -0.05) is 6.07 Å². The van der Waals surface area contributed by atoms with Gasteiger partial charge in [0.15, 0.2) is 0 Å². The van der Waals surface area contributed by atoms with Crippen LogP contribution in [0.25, 0.3) is 0 Å². The zero-order valence-electron chi connectivity index (χ0n) is 22.3. The lowest BCUT2D eigenvalue weighted by atomic mass is 9.84. The summed E-state index contributed by atoms with van der Waals surface area (Å²) in [6, 6.07) is 4.09. The van der Waals surface area contributed by atoms with E-state index in [-0.39, 0.29) is 23.8 Å². The lowest BCUT2D eigenvalue weighted by Gasteiger charge is -2.41. The molecule has 1 aromatic heterocycles. The van der Waals surface area contributed by atoms with Crippen LogP contribution in [0.15, 0.2) is 18.3 Å². The maximum absolute atomic E-state index is 13.5. The number of methoxy groups -OCH3 is 1. The Labute approximate surface area is 219 Å². The standard InChI is InChI=1S/C27H40N6O4/c1-19(34)32-11-6-21(7-12-32)30(2)22-15-23-25(36)29-27(16-24(35)33(23)18-22)8-13-31(14-9-27)17-20-5-4-10-28-26(20)37-3/h4-5,10,21-23H,6-9,11-18H2,1-3H3,(H,29,36)/t22-,23-/m0/s1. The maximum Gasteiger partial charge on any atom is 0.243 e. The van der Waals surface area contributed by atoms with Crippen LogP contribution in [0.1, 0.15) is 51.0 Å². The summed E-state index contributed by atoms with van der Waals surface area (Å²) in [6.45, 7) is 6.13. The number of rotatable bonds is 5. The molecule has 4 aliphatic heterocycles. The molecule has 1 spiro atoms. The summed E-state index contributed by atoms with van der Waals surface area (Å²) < 4.78 is 5.40. The van der Waals surface area contributed by atoms with E-state index >= 15 is 0 Å². The molecule has 0 radical (unpaired) electrons. The molecule has 3 amide bonds. The van der Waals surface area contributed by atoms with Gasteiger partial charge in [0.05, 0.1) is 19.1 Å². The summed E-state index contributed by atoms with van der Waals surface area (Å²) in [6.07, 6.45) is 6.14. The van der Waals surface area contributed by atoms with Crippen LogP contribution in [0, 0.1) is 0 Å². The number of nitrogens with one attached hydrogen (secondary N) is 1. The minimum Gasteiger partial charge on any atom is -0.481 e. The predicted octanol–water partition coefficient (Wildman–Crippen LogP) is 0.857. The van der Waals surface area contributed by atoms with Crippen molar-refractivity contribution in [3.8, 4) is 5.88 Å². The highest BCUT2D eigenvalue weighted by Crippen LogP contribution is 2.35. The number of pyridine rings is 1. The van der Waals surface area contributed by atoms with Crippen LogP contribution in [-0.4, -0.2) is 113 Å². The van der Waals surface area contributed by atoms with Gasteiger partial charge in [-0.2, -0.15) is 0 Å². The molecule has 10 heteroatoms. The highest BCUT2D eigenvalue weighted by Gasteiger charge is 2.50. The molecule has 4 saturated heterocycles. The van der Waals surface area contributed by atoms with Crippen molar-refractivity contribution >= 4 is 17.7 Å². The van der Waals surface area contributed by atoms with E-state index in [9.17, 15) is 14.4 Å². The first-order chi connectivity index (χ1) is 17.8. The van der Waals surface area contributed by atoms with Gasteiger partial charge in [0.25, 0.3) is 0 Å². The monoisotopic (exact) mass is 512 g/mol. The second-order valence-corrected chi connectivity index (χ2v) is 11.2. The molecule has 0 unspecified atom stereocenters. The Balaban J connectivity index is 1.18. The Morgan fingerprint density at radius 3 is 2.59 bits per heavy atom. The fraction of sp³-hybridized carbons (Fsp3) is 0.704. The quantitative estimate of drug-likeness (QED) is 0.625. The second-order valence-electron chi connectivity index (χ2n) is 11.2. The van der Waals surface area contributed by atoms with Crippen molar-refractivity contribution in [1.82, 2.24) is 29.9 Å². The zero-order valence-corrected chi connectivity index (χ0v) is 22.3. The van der Waals surface area contributed by atoms with Gasteiger partial charge in [-0.3, -0.25) is 24.2 Å². The summed E-state index contributed by atoms with van der Waals surface area (Å²) in [5.41, 5.74) is 0.583. The Morgan fingerprint density at radius 2 is 1.92 bits per heavy atom. The molecule has 4 aliphatic rings. The highest BCUT2D eigenvalue weighted by molar-refractivity contribution is 5.92. The van der Waals surface area contributed by atoms with Crippen LogP contribution in [0.5, 0.6) is 5.88 Å². The molecule has 1 N–H and O–H groups in total. The minimum atomic E-state index is -0.463. The Kier molecular flexibility index (Phi) is 7.40. The van der Waals surface area contributed by atoms with Gasteiger partial charge in [-0.15, -0.1) is 0 Å². The van der Waals surface area contributed by atoms with Crippen molar-refractivity contribution in [2.45, 2.75) is 75.7 Å². The number of nitrogens with zero attached hydrogens (tertiary/aromatic N) is 5. The summed E-state index contributed by atoms with van der Waals surface area (Å²) >= 11 is 0. The molecule has 10 nitrogen and oxygen atoms in total. The molecule has 5 rings (SSSR count). The molecule has 0 saturated carbocycles. The minimum absolute atomic E-state index is 0.00414. The van der Waals surface area contributed by atoms with Crippen LogP contribution >= 0.6 is 0 Å². The SMILES string of the molecule is COc1ncccc1CN1CCC2(CC1)CC(=O)N1C[C@@H](N(C)C3CCN(C(C)=O)CC3)C[C@H]1C(=O)N2. The van der Waals surface area contributed by atoms with Crippen molar-refractivity contribution in [2.24, 2.45) is 0 Å². The molecule has 4 fully saturated rings. The van der Waals surface area contributed by atoms with E-state index in [1.54, 1.807) is 20.2 Å². The van der Waals surface area contributed by atoms with E-state index in [1.165, 1.54) is 0 Å². The number of aromatic nitrogens is 1. The zero-order chi connectivity index (χ0) is 26.2. The van der Waals surface area contributed by atoms with Crippen LogP contribution in [-0.2, 0) is 20.9 Å². The largest absolute Gasteiger partial charge is 0.481 e. The Morgan fingerprint density at radius 1 is 1.19 bits per heavy atom. The first-order valence-electron chi connectivity index (χ1n) is 13.6. The van der Waals surface area contributed by atoms with Gasteiger partial charge >= 0.3 is 0 Å². The average Bonchev–Trinajstić information content (AvgIpc) is 3.33. The van der Waals surface area contributed by atoms with Crippen molar-refractivity contribution in [2.75, 3.05) is 46.9 Å². The number of hydrogen-bond donors (Lipinski definition) is 1. The molecule has 202 valence electrons. The fourth-order valence-electron chi connectivity index (χ4n) is 6.71. The summed E-state index contributed by atoms with van der Waals surface area (Å²) in [5.74, 6) is 0.864. The van der Waals surface area contributed by atoms with Crippen LogP contribution in [0.4, 0.5) is 0 Å². The molecular formula is C27H40N6O4. The Hall–Kier alpha value is -2.72. The van der Waals surface area contributed by atoms with Crippen molar-refractivity contribution < 1.29 is 19.1 Å². The van der Waals surface area contributed by atoms with E-state index in [0.717, 1.165) is 64.0 Å². The van der Waals surface area contributed by atoms with Gasteiger partial charge in [0.1, 0.15) is 6.04 Å². The van der Waals surface area contributed by atoms with E-state index in [2.05, 4.69) is 27.1 Å². The maximum atomic E-state index is 13.5.